The van der Waals surface area contributed by atoms with Gasteiger partial charge in [-0.05, 0) is 52.5 Å². The second-order valence-electron chi connectivity index (χ2n) is 7.77. The number of carbonyl (C=O) groups excluding carboxylic acids is 2. The minimum Gasteiger partial charge on any atom is -0.447 e. The third kappa shape index (κ3) is 3.32. The van der Waals surface area contributed by atoms with Crippen LogP contribution in [-0.4, -0.2) is 17.5 Å². The minimum atomic E-state index is -0.843. The SMILES string of the molecule is CC(C)(C)C(=O)OC1=C(c2ccccc2Cl)C(=O)OC12CCCCC2. The van der Waals surface area contributed by atoms with Crippen molar-refractivity contribution in [3.05, 3.63) is 40.6 Å². The fourth-order valence-corrected chi connectivity index (χ4v) is 3.56. The highest BCUT2D eigenvalue weighted by atomic mass is 35.5. The zero-order chi connectivity index (χ0) is 18.2. The molecule has 1 heterocycles. The fraction of sp³-hybridized carbons (Fsp3) is 0.500. The maximum absolute atomic E-state index is 12.7. The van der Waals surface area contributed by atoms with Gasteiger partial charge in [-0.1, -0.05) is 36.2 Å². The average molecular weight is 363 g/mol. The van der Waals surface area contributed by atoms with Crippen LogP contribution >= 0.6 is 11.6 Å². The van der Waals surface area contributed by atoms with Crippen LogP contribution in [0.3, 0.4) is 0 Å². The Morgan fingerprint density at radius 3 is 2.40 bits per heavy atom. The van der Waals surface area contributed by atoms with Gasteiger partial charge >= 0.3 is 11.9 Å². The molecular formula is C20H23ClO4. The molecule has 0 unspecified atom stereocenters. The number of carbonyl (C=O) groups is 2. The molecule has 0 bridgehead atoms. The van der Waals surface area contributed by atoms with E-state index in [1.165, 1.54) is 0 Å². The molecule has 1 saturated carbocycles. The third-order valence-electron chi connectivity index (χ3n) is 4.74. The first kappa shape index (κ1) is 18.0. The van der Waals surface area contributed by atoms with Gasteiger partial charge in [0.25, 0.3) is 0 Å². The Balaban J connectivity index is 2.14. The van der Waals surface area contributed by atoms with Crippen molar-refractivity contribution in [2.75, 3.05) is 0 Å². The molecule has 1 aliphatic carbocycles. The lowest BCUT2D eigenvalue weighted by Gasteiger charge is -2.34. The maximum Gasteiger partial charge on any atom is 0.343 e. The molecule has 3 rings (SSSR count). The summed E-state index contributed by atoms with van der Waals surface area (Å²) in [6.45, 7) is 5.36. The van der Waals surface area contributed by atoms with Crippen LogP contribution in [-0.2, 0) is 19.1 Å². The van der Waals surface area contributed by atoms with Crippen molar-refractivity contribution >= 4 is 29.1 Å². The van der Waals surface area contributed by atoms with Crippen molar-refractivity contribution in [3.8, 4) is 0 Å². The fourth-order valence-electron chi connectivity index (χ4n) is 3.33. The average Bonchev–Trinajstić information content (AvgIpc) is 2.79. The lowest BCUT2D eigenvalue weighted by Crippen LogP contribution is -2.37. The summed E-state index contributed by atoms with van der Waals surface area (Å²) in [7, 11) is 0. The van der Waals surface area contributed by atoms with E-state index < -0.39 is 17.0 Å². The number of hydrogen-bond donors (Lipinski definition) is 0. The summed E-state index contributed by atoms with van der Waals surface area (Å²) in [5.41, 5.74) is -0.691. The Morgan fingerprint density at radius 2 is 1.80 bits per heavy atom. The van der Waals surface area contributed by atoms with E-state index in [4.69, 9.17) is 21.1 Å². The molecule has 1 aromatic rings. The lowest BCUT2D eigenvalue weighted by atomic mass is 9.82. The molecule has 1 aliphatic heterocycles. The van der Waals surface area contributed by atoms with Gasteiger partial charge < -0.3 is 9.47 Å². The molecule has 0 aromatic heterocycles. The monoisotopic (exact) mass is 362 g/mol. The molecule has 0 saturated heterocycles. The molecule has 5 heteroatoms. The summed E-state index contributed by atoms with van der Waals surface area (Å²) in [6.07, 6.45) is 4.28. The molecule has 0 radical (unpaired) electrons. The molecule has 0 amide bonds. The highest BCUT2D eigenvalue weighted by Crippen LogP contribution is 2.48. The molecule has 25 heavy (non-hydrogen) atoms. The number of ether oxygens (including phenoxy) is 2. The van der Waals surface area contributed by atoms with Gasteiger partial charge in [0.1, 0.15) is 5.57 Å². The molecule has 1 fully saturated rings. The molecule has 1 aromatic carbocycles. The second-order valence-corrected chi connectivity index (χ2v) is 8.18. The van der Waals surface area contributed by atoms with Crippen LogP contribution < -0.4 is 0 Å². The first-order valence-corrected chi connectivity index (χ1v) is 9.08. The maximum atomic E-state index is 12.7. The summed E-state index contributed by atoms with van der Waals surface area (Å²) < 4.78 is 11.6. The van der Waals surface area contributed by atoms with Gasteiger partial charge in [0.05, 0.1) is 5.41 Å². The predicted molar refractivity (Wildman–Crippen MR) is 95.8 cm³/mol. The topological polar surface area (TPSA) is 52.6 Å². The van der Waals surface area contributed by atoms with Gasteiger partial charge in [0.15, 0.2) is 11.4 Å². The quantitative estimate of drug-likeness (QED) is 0.702. The number of hydrogen-bond acceptors (Lipinski definition) is 4. The van der Waals surface area contributed by atoms with E-state index >= 15 is 0 Å². The van der Waals surface area contributed by atoms with Gasteiger partial charge in [-0.3, -0.25) is 4.79 Å². The van der Waals surface area contributed by atoms with Crippen LogP contribution in [0.5, 0.6) is 0 Å². The van der Waals surface area contributed by atoms with Crippen LogP contribution in [0.2, 0.25) is 5.02 Å². The number of benzene rings is 1. The Bertz CT molecular complexity index is 736. The van der Waals surface area contributed by atoms with E-state index in [0.717, 1.165) is 19.3 Å². The zero-order valence-electron chi connectivity index (χ0n) is 14.9. The van der Waals surface area contributed by atoms with E-state index in [1.807, 2.05) is 0 Å². The van der Waals surface area contributed by atoms with Gasteiger partial charge in [0, 0.05) is 10.6 Å². The number of halogens is 1. The largest absolute Gasteiger partial charge is 0.447 e. The van der Waals surface area contributed by atoms with Crippen LogP contribution in [0.4, 0.5) is 0 Å². The van der Waals surface area contributed by atoms with Crippen molar-refractivity contribution in [2.45, 2.75) is 58.5 Å². The van der Waals surface area contributed by atoms with Gasteiger partial charge in [-0.25, -0.2) is 4.79 Å². The van der Waals surface area contributed by atoms with Crippen molar-refractivity contribution in [3.63, 3.8) is 0 Å². The summed E-state index contributed by atoms with van der Waals surface area (Å²) in [6, 6.07) is 7.07. The van der Waals surface area contributed by atoms with Gasteiger partial charge in [-0.15, -0.1) is 0 Å². The summed E-state index contributed by atoms with van der Waals surface area (Å²) >= 11 is 6.31. The van der Waals surface area contributed by atoms with E-state index in [9.17, 15) is 9.59 Å². The number of esters is 2. The van der Waals surface area contributed by atoms with Crippen LogP contribution in [0.25, 0.3) is 5.57 Å². The highest BCUT2D eigenvalue weighted by molar-refractivity contribution is 6.35. The first-order valence-electron chi connectivity index (χ1n) is 8.70. The summed E-state index contributed by atoms with van der Waals surface area (Å²) in [4.78, 5) is 25.3. The van der Waals surface area contributed by atoms with E-state index in [2.05, 4.69) is 0 Å². The Hall–Kier alpha value is -1.81. The van der Waals surface area contributed by atoms with Crippen molar-refractivity contribution in [1.82, 2.24) is 0 Å². The van der Waals surface area contributed by atoms with Gasteiger partial charge in [-0.2, -0.15) is 0 Å². The van der Waals surface area contributed by atoms with Crippen LogP contribution in [0, 0.1) is 5.41 Å². The Morgan fingerprint density at radius 1 is 1.16 bits per heavy atom. The lowest BCUT2D eigenvalue weighted by molar-refractivity contribution is -0.159. The number of rotatable bonds is 2. The van der Waals surface area contributed by atoms with Crippen LogP contribution in [0.15, 0.2) is 30.0 Å². The minimum absolute atomic E-state index is 0.283. The van der Waals surface area contributed by atoms with Crippen LogP contribution in [0.1, 0.15) is 58.4 Å². The molecule has 0 N–H and O–H groups in total. The zero-order valence-corrected chi connectivity index (χ0v) is 15.6. The normalized spacial score (nSPS) is 19.9. The standard InChI is InChI=1S/C20H23ClO4/c1-19(2,3)18(23)24-16-15(13-9-5-6-10-14(13)21)17(22)25-20(16)11-7-4-8-12-20/h5-6,9-10H,4,7-8,11-12H2,1-3H3. The molecule has 1 spiro atoms. The van der Waals surface area contributed by atoms with E-state index in [0.29, 0.717) is 29.2 Å². The van der Waals surface area contributed by atoms with E-state index in [-0.39, 0.29) is 11.5 Å². The highest BCUT2D eigenvalue weighted by Gasteiger charge is 2.51. The van der Waals surface area contributed by atoms with E-state index in [1.54, 1.807) is 45.0 Å². The molecule has 2 aliphatic rings. The van der Waals surface area contributed by atoms with Crippen molar-refractivity contribution in [1.29, 1.82) is 0 Å². The summed E-state index contributed by atoms with van der Waals surface area (Å²) in [5, 5.41) is 0.437. The second kappa shape index (κ2) is 6.49. The molecule has 4 nitrogen and oxygen atoms in total. The summed E-state index contributed by atoms with van der Waals surface area (Å²) in [5.74, 6) is -0.507. The smallest absolute Gasteiger partial charge is 0.343 e. The predicted octanol–water partition coefficient (Wildman–Crippen LogP) is 4.90. The van der Waals surface area contributed by atoms with Gasteiger partial charge in [0.2, 0.25) is 0 Å². The first-order chi connectivity index (χ1) is 11.7. The Kier molecular flexibility index (Phi) is 4.67. The third-order valence-corrected chi connectivity index (χ3v) is 5.07. The van der Waals surface area contributed by atoms with Crippen molar-refractivity contribution < 1.29 is 19.1 Å². The molecular weight excluding hydrogens is 340 g/mol. The van der Waals surface area contributed by atoms with Crippen molar-refractivity contribution in [2.24, 2.45) is 5.41 Å². The molecule has 0 atom stereocenters. The Labute approximate surface area is 153 Å². The molecule has 134 valence electrons.